The van der Waals surface area contributed by atoms with Crippen molar-refractivity contribution in [2.24, 2.45) is 0 Å². The van der Waals surface area contributed by atoms with Gasteiger partial charge in [0.15, 0.2) is 0 Å². The van der Waals surface area contributed by atoms with E-state index in [2.05, 4.69) is 30.4 Å². The summed E-state index contributed by atoms with van der Waals surface area (Å²) in [5.41, 5.74) is -0.255. The second kappa shape index (κ2) is 3.42. The zero-order valence-corrected chi connectivity index (χ0v) is 8.09. The average Bonchev–Trinajstić information content (AvgIpc) is 2.49. The molecule has 68 valence electrons. The molecule has 0 aromatic heterocycles. The van der Waals surface area contributed by atoms with E-state index in [0.717, 1.165) is 19.3 Å². The van der Waals surface area contributed by atoms with Crippen LogP contribution in [0.5, 0.6) is 0 Å². The Kier molecular flexibility index (Phi) is 2.71. The molecule has 0 aliphatic heterocycles. The predicted molar refractivity (Wildman–Crippen MR) is 48.7 cm³/mol. The van der Waals surface area contributed by atoms with Gasteiger partial charge in [0.25, 0.3) is 0 Å². The standard InChI is InChI=1S/C9H17N3/c1-11-9(7-10)5-4-8(6-9)12(2)3/h8,11H,4-6H2,1-3H3. The van der Waals surface area contributed by atoms with E-state index in [9.17, 15) is 0 Å². The Morgan fingerprint density at radius 2 is 2.25 bits per heavy atom. The van der Waals surface area contributed by atoms with Crippen molar-refractivity contribution >= 4 is 0 Å². The lowest BCUT2D eigenvalue weighted by Crippen LogP contribution is -2.40. The number of nitrogens with zero attached hydrogens (tertiary/aromatic N) is 2. The first kappa shape index (κ1) is 9.50. The minimum absolute atomic E-state index is 0.255. The third-order valence-corrected chi connectivity index (χ3v) is 2.91. The zero-order chi connectivity index (χ0) is 9.19. The second-order valence-electron chi connectivity index (χ2n) is 3.80. The summed E-state index contributed by atoms with van der Waals surface area (Å²) in [6.45, 7) is 0. The molecule has 2 atom stereocenters. The molecule has 3 heteroatoms. The molecule has 1 aliphatic rings. The molecule has 1 aliphatic carbocycles. The molecular formula is C9H17N3. The first-order valence-corrected chi connectivity index (χ1v) is 4.40. The molecule has 0 saturated heterocycles. The summed E-state index contributed by atoms with van der Waals surface area (Å²) in [5, 5.41) is 12.1. The van der Waals surface area contributed by atoms with Crippen molar-refractivity contribution < 1.29 is 0 Å². The first-order valence-electron chi connectivity index (χ1n) is 4.40. The van der Waals surface area contributed by atoms with Crippen LogP contribution in [0.3, 0.4) is 0 Å². The predicted octanol–water partition coefficient (Wildman–Crippen LogP) is 0.582. The van der Waals surface area contributed by atoms with Crippen LogP contribution in [0.1, 0.15) is 19.3 Å². The average molecular weight is 167 g/mol. The SMILES string of the molecule is CNC1(C#N)CCC(N(C)C)C1. The summed E-state index contributed by atoms with van der Waals surface area (Å²) in [6, 6.07) is 2.94. The largest absolute Gasteiger partial charge is 0.306 e. The zero-order valence-electron chi connectivity index (χ0n) is 8.09. The first-order chi connectivity index (χ1) is 5.63. The summed E-state index contributed by atoms with van der Waals surface area (Å²) in [4.78, 5) is 2.20. The van der Waals surface area contributed by atoms with Gasteiger partial charge in [0.05, 0.1) is 6.07 Å². The van der Waals surface area contributed by atoms with Gasteiger partial charge in [-0.3, -0.25) is 0 Å². The maximum Gasteiger partial charge on any atom is 0.108 e. The van der Waals surface area contributed by atoms with Gasteiger partial charge in [-0.25, -0.2) is 0 Å². The van der Waals surface area contributed by atoms with E-state index in [4.69, 9.17) is 5.26 Å². The molecule has 1 N–H and O–H groups in total. The molecule has 1 saturated carbocycles. The van der Waals surface area contributed by atoms with Crippen molar-refractivity contribution in [2.45, 2.75) is 30.8 Å². The number of hydrogen-bond donors (Lipinski definition) is 1. The summed E-state index contributed by atoms with van der Waals surface area (Å²) >= 11 is 0. The minimum Gasteiger partial charge on any atom is -0.306 e. The van der Waals surface area contributed by atoms with Crippen LogP contribution in [0.2, 0.25) is 0 Å². The van der Waals surface area contributed by atoms with Gasteiger partial charge in [-0.15, -0.1) is 0 Å². The summed E-state index contributed by atoms with van der Waals surface area (Å²) < 4.78 is 0. The van der Waals surface area contributed by atoms with Crippen molar-refractivity contribution in [3.63, 3.8) is 0 Å². The van der Waals surface area contributed by atoms with E-state index < -0.39 is 0 Å². The third-order valence-electron chi connectivity index (χ3n) is 2.91. The van der Waals surface area contributed by atoms with Gasteiger partial charge in [-0.2, -0.15) is 5.26 Å². The molecule has 3 nitrogen and oxygen atoms in total. The lowest BCUT2D eigenvalue weighted by Gasteiger charge is -2.22. The quantitative estimate of drug-likeness (QED) is 0.654. The fraction of sp³-hybridized carbons (Fsp3) is 0.889. The molecule has 1 rings (SSSR count). The fourth-order valence-corrected chi connectivity index (χ4v) is 1.84. The minimum atomic E-state index is -0.255. The van der Waals surface area contributed by atoms with Gasteiger partial charge in [-0.05, 0) is 40.4 Å². The summed E-state index contributed by atoms with van der Waals surface area (Å²) in [6.07, 6.45) is 3.05. The highest BCUT2D eigenvalue weighted by atomic mass is 15.1. The van der Waals surface area contributed by atoms with E-state index in [1.807, 2.05) is 7.05 Å². The lowest BCUT2D eigenvalue weighted by atomic mass is 10.00. The Labute approximate surface area is 74.4 Å². The Bertz CT molecular complexity index is 194. The Morgan fingerprint density at radius 1 is 1.58 bits per heavy atom. The number of rotatable bonds is 2. The van der Waals surface area contributed by atoms with Crippen LogP contribution < -0.4 is 5.32 Å². The van der Waals surface area contributed by atoms with E-state index in [1.165, 1.54) is 0 Å². The Morgan fingerprint density at radius 3 is 2.50 bits per heavy atom. The summed E-state index contributed by atoms with van der Waals surface area (Å²) in [5.74, 6) is 0. The molecule has 12 heavy (non-hydrogen) atoms. The van der Waals surface area contributed by atoms with Crippen molar-refractivity contribution in [1.82, 2.24) is 10.2 Å². The number of nitrogens with one attached hydrogen (secondary N) is 1. The van der Waals surface area contributed by atoms with Crippen LogP contribution in [0.15, 0.2) is 0 Å². The lowest BCUT2D eigenvalue weighted by molar-refractivity contribution is 0.286. The molecule has 1 fully saturated rings. The van der Waals surface area contributed by atoms with Crippen molar-refractivity contribution in [2.75, 3.05) is 21.1 Å². The van der Waals surface area contributed by atoms with Gasteiger partial charge in [0.2, 0.25) is 0 Å². The normalized spacial score (nSPS) is 35.4. The van der Waals surface area contributed by atoms with Crippen LogP contribution in [0.25, 0.3) is 0 Å². The highest BCUT2D eigenvalue weighted by Gasteiger charge is 2.38. The molecule has 2 unspecified atom stereocenters. The molecule has 0 radical (unpaired) electrons. The monoisotopic (exact) mass is 167 g/mol. The van der Waals surface area contributed by atoms with E-state index in [1.54, 1.807) is 0 Å². The van der Waals surface area contributed by atoms with Crippen molar-refractivity contribution in [1.29, 1.82) is 5.26 Å². The number of hydrogen-bond acceptors (Lipinski definition) is 3. The summed E-state index contributed by atoms with van der Waals surface area (Å²) in [7, 11) is 6.03. The van der Waals surface area contributed by atoms with E-state index in [0.29, 0.717) is 6.04 Å². The van der Waals surface area contributed by atoms with Crippen LogP contribution in [-0.2, 0) is 0 Å². The number of nitriles is 1. The van der Waals surface area contributed by atoms with E-state index in [-0.39, 0.29) is 5.54 Å². The highest BCUT2D eigenvalue weighted by Crippen LogP contribution is 2.31. The van der Waals surface area contributed by atoms with Gasteiger partial charge >= 0.3 is 0 Å². The molecule has 0 aromatic rings. The van der Waals surface area contributed by atoms with Crippen molar-refractivity contribution in [3.8, 4) is 6.07 Å². The van der Waals surface area contributed by atoms with Crippen LogP contribution in [0.4, 0.5) is 0 Å². The highest BCUT2D eigenvalue weighted by molar-refractivity contribution is 5.12. The smallest absolute Gasteiger partial charge is 0.108 e. The van der Waals surface area contributed by atoms with Gasteiger partial charge in [-0.1, -0.05) is 0 Å². The Balaban J connectivity index is 2.60. The third kappa shape index (κ3) is 1.60. The van der Waals surface area contributed by atoms with Crippen LogP contribution in [-0.4, -0.2) is 37.6 Å². The molecule has 0 heterocycles. The van der Waals surface area contributed by atoms with Gasteiger partial charge < -0.3 is 10.2 Å². The maximum absolute atomic E-state index is 8.99. The van der Waals surface area contributed by atoms with Gasteiger partial charge in [0, 0.05) is 6.04 Å². The van der Waals surface area contributed by atoms with Crippen LogP contribution >= 0.6 is 0 Å². The van der Waals surface area contributed by atoms with E-state index >= 15 is 0 Å². The van der Waals surface area contributed by atoms with Crippen molar-refractivity contribution in [3.05, 3.63) is 0 Å². The molecule has 0 amide bonds. The second-order valence-corrected chi connectivity index (χ2v) is 3.80. The molecule has 0 bridgehead atoms. The Hall–Kier alpha value is -0.590. The maximum atomic E-state index is 8.99. The topological polar surface area (TPSA) is 39.1 Å². The fourth-order valence-electron chi connectivity index (χ4n) is 1.84. The molecule has 0 spiro atoms. The molecule has 0 aromatic carbocycles. The van der Waals surface area contributed by atoms with Crippen LogP contribution in [0, 0.1) is 11.3 Å². The van der Waals surface area contributed by atoms with Gasteiger partial charge in [0.1, 0.15) is 5.54 Å². The molecular weight excluding hydrogens is 150 g/mol.